The van der Waals surface area contributed by atoms with Gasteiger partial charge in [0.2, 0.25) is 0 Å². The minimum absolute atomic E-state index is 0. The molecular weight excluding hydrogens is 299 g/mol. The van der Waals surface area contributed by atoms with E-state index in [-0.39, 0.29) is 24.8 Å². The second kappa shape index (κ2) is 7.61. The van der Waals surface area contributed by atoms with E-state index in [0.717, 1.165) is 39.3 Å². The van der Waals surface area contributed by atoms with E-state index < -0.39 is 0 Å². The first-order valence-corrected chi connectivity index (χ1v) is 6.85. The van der Waals surface area contributed by atoms with Gasteiger partial charge in [-0.25, -0.2) is 0 Å². The van der Waals surface area contributed by atoms with Crippen LogP contribution in [0.5, 0.6) is 0 Å². The maximum atomic E-state index is 5.76. The lowest BCUT2D eigenvalue weighted by molar-refractivity contribution is -0.0708. The quantitative estimate of drug-likeness (QED) is 0.894. The minimum atomic E-state index is 0. The number of aromatic nitrogens is 2. The molecule has 0 spiro atoms. The molecule has 0 saturated carbocycles. The Bertz CT molecular complexity index is 393. The van der Waals surface area contributed by atoms with Gasteiger partial charge in [-0.15, -0.1) is 24.8 Å². The molecule has 2 aliphatic rings. The lowest BCUT2D eigenvalue weighted by Gasteiger charge is -2.34. The number of morpholine rings is 1. The predicted molar refractivity (Wildman–Crippen MR) is 83.7 cm³/mol. The van der Waals surface area contributed by atoms with E-state index in [1.165, 1.54) is 11.4 Å². The van der Waals surface area contributed by atoms with Gasteiger partial charge in [0.05, 0.1) is 30.1 Å². The normalized spacial score (nSPS) is 26.3. The van der Waals surface area contributed by atoms with Gasteiger partial charge < -0.3 is 10.1 Å². The van der Waals surface area contributed by atoms with Crippen molar-refractivity contribution in [3.8, 4) is 0 Å². The molecular formula is C13H24Cl2N4O. The van der Waals surface area contributed by atoms with Gasteiger partial charge in [-0.1, -0.05) is 0 Å². The van der Waals surface area contributed by atoms with Crippen molar-refractivity contribution in [1.82, 2.24) is 20.0 Å². The largest absolute Gasteiger partial charge is 0.373 e. The summed E-state index contributed by atoms with van der Waals surface area (Å²) in [6.07, 6.45) is 0.653. The number of rotatable bonds is 2. The van der Waals surface area contributed by atoms with Gasteiger partial charge in [-0.05, 0) is 19.9 Å². The van der Waals surface area contributed by atoms with Crippen LogP contribution in [0.2, 0.25) is 0 Å². The SMILES string of the molecule is C[C@@H]1CN(Cc2cc3n(n2)CCNC3)C[C@H](C)O1.Cl.Cl. The Labute approximate surface area is 132 Å². The molecule has 20 heavy (non-hydrogen) atoms. The number of fused-ring (bicyclic) bond motifs is 1. The van der Waals surface area contributed by atoms with Gasteiger partial charge >= 0.3 is 0 Å². The Kier molecular flexibility index (Phi) is 6.75. The Morgan fingerprint density at radius 2 is 2.00 bits per heavy atom. The molecule has 5 nitrogen and oxygen atoms in total. The van der Waals surface area contributed by atoms with Crippen molar-refractivity contribution < 1.29 is 4.74 Å². The molecule has 0 radical (unpaired) electrons. The zero-order chi connectivity index (χ0) is 12.5. The van der Waals surface area contributed by atoms with Crippen LogP contribution in [-0.2, 0) is 24.4 Å². The zero-order valence-electron chi connectivity index (χ0n) is 12.0. The van der Waals surface area contributed by atoms with Crippen LogP contribution in [0.1, 0.15) is 25.2 Å². The third kappa shape index (κ3) is 4.09. The molecule has 116 valence electrons. The van der Waals surface area contributed by atoms with E-state index >= 15 is 0 Å². The third-order valence-corrected chi connectivity index (χ3v) is 3.60. The molecule has 1 N–H and O–H groups in total. The molecule has 0 aliphatic carbocycles. The van der Waals surface area contributed by atoms with Gasteiger partial charge in [-0.3, -0.25) is 9.58 Å². The van der Waals surface area contributed by atoms with E-state index in [0.29, 0.717) is 12.2 Å². The second-order valence-corrected chi connectivity index (χ2v) is 5.48. The van der Waals surface area contributed by atoms with Gasteiger partial charge in [0.25, 0.3) is 0 Å². The number of ether oxygens (including phenoxy) is 1. The van der Waals surface area contributed by atoms with E-state index in [4.69, 9.17) is 4.74 Å². The predicted octanol–water partition coefficient (Wildman–Crippen LogP) is 1.44. The van der Waals surface area contributed by atoms with Crippen LogP contribution in [0.15, 0.2) is 6.07 Å². The summed E-state index contributed by atoms with van der Waals surface area (Å²) in [5.74, 6) is 0. The van der Waals surface area contributed by atoms with E-state index in [2.05, 4.69) is 39.9 Å². The standard InChI is InChI=1S/C13H22N4O.2ClH/c1-10-7-16(8-11(2)18-10)9-12-5-13-6-14-3-4-17(13)15-12;;/h5,10-11,14H,3-4,6-9H2,1-2H3;2*1H/t10-,11+;;. The Hall–Kier alpha value is -0.330. The molecule has 3 heterocycles. The average Bonchev–Trinajstić information content (AvgIpc) is 2.69. The zero-order valence-corrected chi connectivity index (χ0v) is 13.7. The maximum absolute atomic E-state index is 5.76. The smallest absolute Gasteiger partial charge is 0.0768 e. The molecule has 3 rings (SSSR count). The molecule has 1 aromatic rings. The summed E-state index contributed by atoms with van der Waals surface area (Å²) in [6.45, 7) is 10.2. The minimum Gasteiger partial charge on any atom is -0.373 e. The molecule has 0 unspecified atom stereocenters. The highest BCUT2D eigenvalue weighted by molar-refractivity contribution is 5.85. The Morgan fingerprint density at radius 3 is 2.65 bits per heavy atom. The van der Waals surface area contributed by atoms with Crippen molar-refractivity contribution in [3.05, 3.63) is 17.5 Å². The summed E-state index contributed by atoms with van der Waals surface area (Å²) < 4.78 is 7.90. The molecule has 1 saturated heterocycles. The van der Waals surface area contributed by atoms with Crippen molar-refractivity contribution >= 4 is 24.8 Å². The van der Waals surface area contributed by atoms with Gasteiger partial charge in [0.1, 0.15) is 0 Å². The van der Waals surface area contributed by atoms with Crippen molar-refractivity contribution in [1.29, 1.82) is 0 Å². The number of halogens is 2. The summed E-state index contributed by atoms with van der Waals surface area (Å²) in [7, 11) is 0. The summed E-state index contributed by atoms with van der Waals surface area (Å²) in [4.78, 5) is 2.45. The first-order chi connectivity index (χ1) is 8.70. The van der Waals surface area contributed by atoms with Crippen molar-refractivity contribution in [3.63, 3.8) is 0 Å². The molecule has 0 aromatic carbocycles. The summed E-state index contributed by atoms with van der Waals surface area (Å²) >= 11 is 0. The summed E-state index contributed by atoms with van der Waals surface area (Å²) in [5.41, 5.74) is 2.50. The van der Waals surface area contributed by atoms with Crippen LogP contribution in [0, 0.1) is 0 Å². The fraction of sp³-hybridized carbons (Fsp3) is 0.769. The van der Waals surface area contributed by atoms with Crippen molar-refractivity contribution in [2.45, 2.75) is 45.7 Å². The van der Waals surface area contributed by atoms with Crippen LogP contribution in [0.25, 0.3) is 0 Å². The molecule has 2 aliphatic heterocycles. The van der Waals surface area contributed by atoms with Crippen molar-refractivity contribution in [2.75, 3.05) is 19.6 Å². The van der Waals surface area contributed by atoms with Crippen molar-refractivity contribution in [2.24, 2.45) is 0 Å². The van der Waals surface area contributed by atoms with Gasteiger partial charge in [0, 0.05) is 32.7 Å². The maximum Gasteiger partial charge on any atom is 0.0768 e. The highest BCUT2D eigenvalue weighted by Crippen LogP contribution is 2.15. The third-order valence-electron chi connectivity index (χ3n) is 3.60. The molecule has 7 heteroatoms. The molecule has 0 bridgehead atoms. The van der Waals surface area contributed by atoms with Crippen LogP contribution < -0.4 is 5.32 Å². The van der Waals surface area contributed by atoms with Crippen LogP contribution >= 0.6 is 24.8 Å². The highest BCUT2D eigenvalue weighted by Gasteiger charge is 2.23. The summed E-state index contributed by atoms with van der Waals surface area (Å²) in [6, 6.07) is 2.23. The van der Waals surface area contributed by atoms with Gasteiger partial charge in [-0.2, -0.15) is 5.10 Å². The highest BCUT2D eigenvalue weighted by atomic mass is 35.5. The molecule has 1 aromatic heterocycles. The number of hydrogen-bond acceptors (Lipinski definition) is 4. The molecule has 0 amide bonds. The second-order valence-electron chi connectivity index (χ2n) is 5.48. The Balaban J connectivity index is 0.000001000. The van der Waals surface area contributed by atoms with Crippen LogP contribution in [0.3, 0.4) is 0 Å². The lowest BCUT2D eigenvalue weighted by Crippen LogP contribution is -2.44. The first kappa shape index (κ1) is 17.7. The van der Waals surface area contributed by atoms with Crippen LogP contribution in [-0.4, -0.2) is 46.5 Å². The lowest BCUT2D eigenvalue weighted by atomic mass is 10.2. The van der Waals surface area contributed by atoms with Crippen LogP contribution in [0.4, 0.5) is 0 Å². The van der Waals surface area contributed by atoms with E-state index in [1.54, 1.807) is 0 Å². The number of hydrogen-bond donors (Lipinski definition) is 1. The average molecular weight is 323 g/mol. The first-order valence-electron chi connectivity index (χ1n) is 6.85. The monoisotopic (exact) mass is 322 g/mol. The van der Waals surface area contributed by atoms with E-state index in [9.17, 15) is 0 Å². The molecule has 1 fully saturated rings. The van der Waals surface area contributed by atoms with E-state index in [1.807, 2.05) is 0 Å². The topological polar surface area (TPSA) is 42.3 Å². The fourth-order valence-electron chi connectivity index (χ4n) is 2.97. The fourth-order valence-corrected chi connectivity index (χ4v) is 2.97. The number of nitrogens with zero attached hydrogens (tertiary/aromatic N) is 3. The Morgan fingerprint density at radius 1 is 1.30 bits per heavy atom. The number of nitrogens with one attached hydrogen (secondary N) is 1. The summed E-state index contributed by atoms with van der Waals surface area (Å²) in [5, 5.41) is 8.07. The molecule has 2 atom stereocenters. The van der Waals surface area contributed by atoms with Gasteiger partial charge in [0.15, 0.2) is 0 Å².